The number of ether oxygens (including phenoxy) is 1. The third kappa shape index (κ3) is 3.67. The van der Waals surface area contributed by atoms with Crippen LogP contribution in [0.3, 0.4) is 0 Å². The van der Waals surface area contributed by atoms with Crippen LogP contribution in [0.15, 0.2) is 22.7 Å². The number of hydrogen-bond donors (Lipinski definition) is 1. The van der Waals surface area contributed by atoms with Gasteiger partial charge in [-0.15, -0.1) is 0 Å². The molecule has 0 spiro atoms. The molecule has 0 amide bonds. The highest BCUT2D eigenvalue weighted by Crippen LogP contribution is 2.35. The third-order valence-electron chi connectivity index (χ3n) is 4.01. The summed E-state index contributed by atoms with van der Waals surface area (Å²) in [6.45, 7) is 6.73. The Morgan fingerprint density at radius 1 is 1.45 bits per heavy atom. The fraction of sp³-hybridized carbons (Fsp3) is 0.625. The standard InChI is InChI=1S/C16H25BrN2O/c1-4-8-18-14-7-9-19(12(2)10-14)15-11-13(17)5-6-16(15)20-3/h5-6,11-12,14,18H,4,7-10H2,1-3H3. The van der Waals surface area contributed by atoms with E-state index < -0.39 is 0 Å². The van der Waals surface area contributed by atoms with E-state index in [0.717, 1.165) is 23.3 Å². The molecule has 4 heteroatoms. The van der Waals surface area contributed by atoms with Gasteiger partial charge in [0.15, 0.2) is 0 Å². The first-order chi connectivity index (χ1) is 9.65. The third-order valence-corrected chi connectivity index (χ3v) is 4.50. The van der Waals surface area contributed by atoms with E-state index in [4.69, 9.17) is 4.74 Å². The van der Waals surface area contributed by atoms with Crippen LogP contribution in [0.5, 0.6) is 5.75 Å². The van der Waals surface area contributed by atoms with Crippen molar-refractivity contribution in [1.29, 1.82) is 0 Å². The average Bonchev–Trinajstić information content (AvgIpc) is 2.45. The van der Waals surface area contributed by atoms with Crippen LogP contribution >= 0.6 is 15.9 Å². The number of halogens is 1. The molecule has 2 unspecified atom stereocenters. The maximum absolute atomic E-state index is 5.52. The molecule has 1 aliphatic rings. The Morgan fingerprint density at radius 3 is 2.90 bits per heavy atom. The van der Waals surface area contributed by atoms with E-state index in [1.54, 1.807) is 7.11 Å². The molecule has 0 bridgehead atoms. The van der Waals surface area contributed by atoms with E-state index in [9.17, 15) is 0 Å². The predicted octanol–water partition coefficient (Wildman–Crippen LogP) is 3.81. The molecule has 1 aliphatic heterocycles. The zero-order valence-corrected chi connectivity index (χ0v) is 14.2. The summed E-state index contributed by atoms with van der Waals surface area (Å²) in [5.41, 5.74) is 1.20. The van der Waals surface area contributed by atoms with Gasteiger partial charge < -0.3 is 15.0 Å². The molecular weight excluding hydrogens is 316 g/mol. The van der Waals surface area contributed by atoms with Crippen molar-refractivity contribution in [1.82, 2.24) is 5.32 Å². The lowest BCUT2D eigenvalue weighted by Gasteiger charge is -2.40. The lowest BCUT2D eigenvalue weighted by atomic mass is 9.97. The second-order valence-electron chi connectivity index (χ2n) is 5.53. The molecule has 0 aliphatic carbocycles. The molecule has 1 fully saturated rings. The molecule has 0 aromatic heterocycles. The predicted molar refractivity (Wildman–Crippen MR) is 88.8 cm³/mol. The van der Waals surface area contributed by atoms with E-state index in [1.807, 2.05) is 12.1 Å². The van der Waals surface area contributed by atoms with Crippen molar-refractivity contribution in [2.45, 2.75) is 45.2 Å². The molecule has 1 heterocycles. The Labute approximate surface area is 130 Å². The van der Waals surface area contributed by atoms with Gasteiger partial charge in [0.1, 0.15) is 5.75 Å². The number of nitrogens with one attached hydrogen (secondary N) is 1. The topological polar surface area (TPSA) is 24.5 Å². The van der Waals surface area contributed by atoms with Gasteiger partial charge in [-0.3, -0.25) is 0 Å². The number of methoxy groups -OCH3 is 1. The van der Waals surface area contributed by atoms with E-state index in [1.165, 1.54) is 24.9 Å². The van der Waals surface area contributed by atoms with Gasteiger partial charge in [0.25, 0.3) is 0 Å². The van der Waals surface area contributed by atoms with E-state index >= 15 is 0 Å². The van der Waals surface area contributed by atoms with Crippen molar-refractivity contribution in [3.63, 3.8) is 0 Å². The zero-order valence-electron chi connectivity index (χ0n) is 12.7. The van der Waals surface area contributed by atoms with Crippen LogP contribution in [0.2, 0.25) is 0 Å². The van der Waals surface area contributed by atoms with Crippen LogP contribution < -0.4 is 15.0 Å². The molecule has 2 rings (SSSR count). The maximum atomic E-state index is 5.52. The summed E-state index contributed by atoms with van der Waals surface area (Å²) in [5.74, 6) is 0.958. The largest absolute Gasteiger partial charge is 0.495 e. The molecule has 1 aromatic rings. The molecule has 0 saturated carbocycles. The smallest absolute Gasteiger partial charge is 0.142 e. The summed E-state index contributed by atoms with van der Waals surface area (Å²) >= 11 is 3.56. The SMILES string of the molecule is CCCNC1CCN(c2cc(Br)ccc2OC)C(C)C1. The fourth-order valence-electron chi connectivity index (χ4n) is 2.95. The minimum absolute atomic E-state index is 0.529. The number of anilines is 1. The maximum Gasteiger partial charge on any atom is 0.142 e. The van der Waals surface area contributed by atoms with Crippen LogP contribution in [0.1, 0.15) is 33.1 Å². The van der Waals surface area contributed by atoms with Gasteiger partial charge in [0, 0.05) is 23.1 Å². The second-order valence-corrected chi connectivity index (χ2v) is 6.45. The molecule has 1 saturated heterocycles. The summed E-state index contributed by atoms with van der Waals surface area (Å²) in [6.07, 6.45) is 3.59. The van der Waals surface area contributed by atoms with Gasteiger partial charge in [-0.05, 0) is 50.9 Å². The highest BCUT2D eigenvalue weighted by atomic mass is 79.9. The van der Waals surface area contributed by atoms with Crippen molar-refractivity contribution in [3.8, 4) is 5.75 Å². The summed E-state index contributed by atoms with van der Waals surface area (Å²) in [7, 11) is 1.74. The molecule has 20 heavy (non-hydrogen) atoms. The highest BCUT2D eigenvalue weighted by Gasteiger charge is 2.26. The Hall–Kier alpha value is -0.740. The van der Waals surface area contributed by atoms with Crippen molar-refractivity contribution in [3.05, 3.63) is 22.7 Å². The second kappa shape index (κ2) is 7.32. The van der Waals surface area contributed by atoms with Crippen LogP contribution in [-0.2, 0) is 0 Å². The monoisotopic (exact) mass is 340 g/mol. The molecule has 0 radical (unpaired) electrons. The summed E-state index contributed by atoms with van der Waals surface area (Å²) in [4.78, 5) is 2.47. The number of nitrogens with zero attached hydrogens (tertiary/aromatic N) is 1. The first kappa shape index (κ1) is 15.6. The van der Waals surface area contributed by atoms with Crippen LogP contribution in [0.4, 0.5) is 5.69 Å². The molecule has 112 valence electrons. The quantitative estimate of drug-likeness (QED) is 0.881. The normalized spacial score (nSPS) is 22.9. The summed E-state index contributed by atoms with van der Waals surface area (Å²) < 4.78 is 6.62. The lowest BCUT2D eigenvalue weighted by molar-refractivity contribution is 0.362. The lowest BCUT2D eigenvalue weighted by Crippen LogP contribution is -2.47. The van der Waals surface area contributed by atoms with Gasteiger partial charge in [-0.1, -0.05) is 22.9 Å². The van der Waals surface area contributed by atoms with Crippen molar-refractivity contribution < 1.29 is 4.74 Å². The average molecular weight is 341 g/mol. The summed E-state index contributed by atoms with van der Waals surface area (Å²) in [6, 6.07) is 7.41. The van der Waals surface area contributed by atoms with Gasteiger partial charge in [0.2, 0.25) is 0 Å². The van der Waals surface area contributed by atoms with E-state index in [0.29, 0.717) is 12.1 Å². The summed E-state index contributed by atoms with van der Waals surface area (Å²) in [5, 5.41) is 3.65. The number of benzene rings is 1. The van der Waals surface area contributed by atoms with Gasteiger partial charge in [-0.25, -0.2) is 0 Å². The first-order valence-electron chi connectivity index (χ1n) is 7.49. The number of hydrogen-bond acceptors (Lipinski definition) is 3. The number of rotatable bonds is 5. The minimum Gasteiger partial charge on any atom is -0.495 e. The highest BCUT2D eigenvalue weighted by molar-refractivity contribution is 9.10. The van der Waals surface area contributed by atoms with Gasteiger partial charge in [-0.2, -0.15) is 0 Å². The van der Waals surface area contributed by atoms with Crippen LogP contribution in [-0.4, -0.2) is 32.3 Å². The van der Waals surface area contributed by atoms with Crippen molar-refractivity contribution in [2.75, 3.05) is 25.1 Å². The molecular formula is C16H25BrN2O. The Kier molecular flexibility index (Phi) is 5.73. The van der Waals surface area contributed by atoms with Gasteiger partial charge in [0.05, 0.1) is 12.8 Å². The van der Waals surface area contributed by atoms with Crippen molar-refractivity contribution >= 4 is 21.6 Å². The van der Waals surface area contributed by atoms with Crippen molar-refractivity contribution in [2.24, 2.45) is 0 Å². The first-order valence-corrected chi connectivity index (χ1v) is 8.28. The molecule has 2 atom stereocenters. The number of piperidine rings is 1. The zero-order chi connectivity index (χ0) is 14.5. The molecule has 1 N–H and O–H groups in total. The Balaban J connectivity index is 2.09. The molecule has 1 aromatic carbocycles. The Morgan fingerprint density at radius 2 is 2.25 bits per heavy atom. The van der Waals surface area contributed by atoms with Crippen LogP contribution in [0, 0.1) is 0 Å². The van der Waals surface area contributed by atoms with Gasteiger partial charge >= 0.3 is 0 Å². The van der Waals surface area contributed by atoms with E-state index in [-0.39, 0.29) is 0 Å². The molecule has 3 nitrogen and oxygen atoms in total. The minimum atomic E-state index is 0.529. The fourth-order valence-corrected chi connectivity index (χ4v) is 3.30. The van der Waals surface area contributed by atoms with E-state index in [2.05, 4.69) is 46.1 Å². The van der Waals surface area contributed by atoms with Crippen LogP contribution in [0.25, 0.3) is 0 Å². The Bertz CT molecular complexity index is 438.